The zero-order valence-corrected chi connectivity index (χ0v) is 12.8. The molecule has 2 aromatic rings. The van der Waals surface area contributed by atoms with Crippen molar-refractivity contribution >= 4 is 17.5 Å². The summed E-state index contributed by atoms with van der Waals surface area (Å²) in [5, 5.41) is 16.9. The summed E-state index contributed by atoms with van der Waals surface area (Å²) in [6.45, 7) is 0.399. The summed E-state index contributed by atoms with van der Waals surface area (Å²) in [5.74, 6) is -0.247. The third kappa shape index (κ3) is 4.09. The van der Waals surface area contributed by atoms with Gasteiger partial charge in [-0.05, 0) is 18.1 Å². The summed E-state index contributed by atoms with van der Waals surface area (Å²) < 4.78 is 3.39. The van der Waals surface area contributed by atoms with Gasteiger partial charge in [-0.2, -0.15) is 5.10 Å². The Morgan fingerprint density at radius 2 is 2.24 bits per heavy atom. The van der Waals surface area contributed by atoms with Crippen LogP contribution in [0.25, 0.3) is 0 Å². The second kappa shape index (κ2) is 6.78. The number of hydrogen-bond donors (Lipinski definition) is 2. The smallest absolute Gasteiger partial charge is 0.267 e. The van der Waals surface area contributed by atoms with Crippen LogP contribution in [0.5, 0.6) is 0 Å². The fourth-order valence-electron chi connectivity index (χ4n) is 2.19. The molecule has 0 saturated carbocycles. The lowest BCUT2D eigenvalue weighted by atomic mass is 10.0. The van der Waals surface area contributed by atoms with E-state index in [1.54, 1.807) is 34.8 Å². The maximum atomic E-state index is 12.1. The van der Waals surface area contributed by atoms with Crippen LogP contribution in [-0.4, -0.2) is 38.5 Å². The number of nitrogens with zero attached hydrogens (tertiary/aromatic N) is 3. The Bertz CT molecular complexity index is 620. The van der Waals surface area contributed by atoms with Gasteiger partial charge < -0.3 is 15.0 Å². The Morgan fingerprint density at radius 1 is 1.48 bits per heavy atom. The predicted molar refractivity (Wildman–Crippen MR) is 80.2 cm³/mol. The first-order valence-electron chi connectivity index (χ1n) is 6.68. The van der Waals surface area contributed by atoms with Crippen LogP contribution in [0.3, 0.4) is 0 Å². The van der Waals surface area contributed by atoms with E-state index < -0.39 is 0 Å². The number of carbonyl (C=O) groups is 1. The summed E-state index contributed by atoms with van der Waals surface area (Å²) >= 11 is 5.86. The van der Waals surface area contributed by atoms with Crippen LogP contribution >= 0.6 is 11.6 Å². The molecule has 1 amide bonds. The van der Waals surface area contributed by atoms with Gasteiger partial charge in [0.1, 0.15) is 5.69 Å². The summed E-state index contributed by atoms with van der Waals surface area (Å²) in [7, 11) is 3.61. The summed E-state index contributed by atoms with van der Waals surface area (Å²) in [6.07, 6.45) is 6.01. The van der Waals surface area contributed by atoms with E-state index in [1.165, 1.54) is 0 Å². The van der Waals surface area contributed by atoms with Crippen molar-refractivity contribution in [2.24, 2.45) is 20.0 Å². The highest BCUT2D eigenvalue weighted by atomic mass is 35.5. The van der Waals surface area contributed by atoms with Crippen molar-refractivity contribution in [3.8, 4) is 0 Å². The van der Waals surface area contributed by atoms with Gasteiger partial charge >= 0.3 is 0 Å². The molecule has 114 valence electrons. The van der Waals surface area contributed by atoms with Gasteiger partial charge in [0.05, 0.1) is 11.2 Å². The number of aliphatic hydroxyl groups excluding tert-OH is 1. The third-order valence-electron chi connectivity index (χ3n) is 3.30. The van der Waals surface area contributed by atoms with Gasteiger partial charge in [0.2, 0.25) is 0 Å². The van der Waals surface area contributed by atoms with E-state index in [4.69, 9.17) is 11.6 Å². The lowest BCUT2D eigenvalue weighted by molar-refractivity contribution is 0.0932. The Balaban J connectivity index is 1.90. The Hall–Kier alpha value is -1.79. The average Bonchev–Trinajstić information content (AvgIpc) is 2.99. The first kappa shape index (κ1) is 15.6. The fraction of sp³-hybridized carbons (Fsp3) is 0.429. The van der Waals surface area contributed by atoms with Gasteiger partial charge in [0.15, 0.2) is 0 Å². The van der Waals surface area contributed by atoms with Gasteiger partial charge in [0, 0.05) is 45.6 Å². The molecule has 2 rings (SSSR count). The molecule has 2 heterocycles. The molecule has 21 heavy (non-hydrogen) atoms. The highest BCUT2D eigenvalue weighted by Gasteiger charge is 2.15. The van der Waals surface area contributed by atoms with E-state index in [9.17, 15) is 9.90 Å². The number of aliphatic hydroxyl groups is 1. The third-order valence-corrected chi connectivity index (χ3v) is 3.50. The highest BCUT2D eigenvalue weighted by Crippen LogP contribution is 2.13. The largest absolute Gasteiger partial charge is 0.396 e. The number of amides is 1. The van der Waals surface area contributed by atoms with Crippen LogP contribution in [0.1, 0.15) is 16.1 Å². The van der Waals surface area contributed by atoms with Crippen LogP contribution < -0.4 is 5.32 Å². The lowest BCUT2D eigenvalue weighted by Gasteiger charge is -2.14. The molecule has 7 heteroatoms. The molecule has 2 aromatic heterocycles. The van der Waals surface area contributed by atoms with Crippen molar-refractivity contribution in [3.05, 3.63) is 40.9 Å². The van der Waals surface area contributed by atoms with Crippen molar-refractivity contribution < 1.29 is 9.90 Å². The Morgan fingerprint density at radius 3 is 2.76 bits per heavy atom. The van der Waals surface area contributed by atoms with Crippen molar-refractivity contribution in [1.82, 2.24) is 19.7 Å². The molecule has 6 nitrogen and oxygen atoms in total. The van der Waals surface area contributed by atoms with E-state index >= 15 is 0 Å². The van der Waals surface area contributed by atoms with E-state index in [0.717, 1.165) is 5.56 Å². The fourth-order valence-corrected chi connectivity index (χ4v) is 2.44. The Kier molecular flexibility index (Phi) is 5.03. The standard InChI is InChI=1S/C14H19ClN4O2/c1-18-8-12(15)4-13(18)14(21)16-5-11(9-20)3-10-6-17-19(2)7-10/h4,6-8,11,20H,3,5,9H2,1-2H3,(H,16,21)/t11-/m1/s1. The molecule has 1 atom stereocenters. The van der Waals surface area contributed by atoms with Crippen molar-refractivity contribution in [2.75, 3.05) is 13.2 Å². The number of rotatable bonds is 6. The molecule has 0 bridgehead atoms. The zero-order valence-electron chi connectivity index (χ0n) is 12.1. The second-order valence-corrected chi connectivity index (χ2v) is 5.58. The summed E-state index contributed by atoms with van der Waals surface area (Å²) in [5.41, 5.74) is 1.53. The summed E-state index contributed by atoms with van der Waals surface area (Å²) in [4.78, 5) is 12.1. The molecule has 0 radical (unpaired) electrons. The number of hydrogen-bond acceptors (Lipinski definition) is 3. The first-order valence-corrected chi connectivity index (χ1v) is 7.06. The minimum atomic E-state index is -0.200. The van der Waals surface area contributed by atoms with E-state index in [0.29, 0.717) is 23.7 Å². The minimum Gasteiger partial charge on any atom is -0.396 e. The molecule has 0 unspecified atom stereocenters. The monoisotopic (exact) mass is 310 g/mol. The highest BCUT2D eigenvalue weighted by molar-refractivity contribution is 6.31. The van der Waals surface area contributed by atoms with Crippen LogP contribution in [0.2, 0.25) is 5.02 Å². The first-order chi connectivity index (χ1) is 9.99. The predicted octanol–water partition coefficient (Wildman–Crippen LogP) is 0.993. The lowest BCUT2D eigenvalue weighted by Crippen LogP contribution is -2.32. The molecule has 0 aliphatic heterocycles. The number of aromatic nitrogens is 3. The topological polar surface area (TPSA) is 72.1 Å². The van der Waals surface area contributed by atoms with Gasteiger partial charge in [-0.1, -0.05) is 11.6 Å². The molecular formula is C14H19ClN4O2. The number of carbonyl (C=O) groups excluding carboxylic acids is 1. The van der Waals surface area contributed by atoms with Crippen molar-refractivity contribution in [1.29, 1.82) is 0 Å². The average molecular weight is 311 g/mol. The van der Waals surface area contributed by atoms with E-state index in [-0.39, 0.29) is 18.4 Å². The normalized spacial score (nSPS) is 12.4. The SMILES string of the molecule is Cn1cc(C[C@@H](CO)CNC(=O)c2cc(Cl)cn2C)cn1. The van der Waals surface area contributed by atoms with Crippen LogP contribution in [0.15, 0.2) is 24.7 Å². The quantitative estimate of drug-likeness (QED) is 0.836. The van der Waals surface area contributed by atoms with E-state index in [2.05, 4.69) is 10.4 Å². The Labute approximate surface area is 128 Å². The number of nitrogens with one attached hydrogen (secondary N) is 1. The molecule has 0 aromatic carbocycles. The van der Waals surface area contributed by atoms with E-state index in [1.807, 2.05) is 13.2 Å². The maximum Gasteiger partial charge on any atom is 0.267 e. The van der Waals surface area contributed by atoms with Gasteiger partial charge in [-0.25, -0.2) is 0 Å². The molecule has 0 fully saturated rings. The minimum absolute atomic E-state index is 0.00304. The maximum absolute atomic E-state index is 12.1. The van der Waals surface area contributed by atoms with Crippen LogP contribution in [0, 0.1) is 5.92 Å². The molecule has 0 aliphatic carbocycles. The molecule has 0 spiro atoms. The molecular weight excluding hydrogens is 292 g/mol. The molecule has 2 N–H and O–H groups in total. The molecule has 0 saturated heterocycles. The second-order valence-electron chi connectivity index (χ2n) is 5.14. The van der Waals surface area contributed by atoms with Crippen molar-refractivity contribution in [2.45, 2.75) is 6.42 Å². The van der Waals surface area contributed by atoms with Crippen LogP contribution in [0.4, 0.5) is 0 Å². The number of halogens is 1. The van der Waals surface area contributed by atoms with Gasteiger partial charge in [-0.3, -0.25) is 9.48 Å². The van der Waals surface area contributed by atoms with Crippen LogP contribution in [-0.2, 0) is 20.5 Å². The van der Waals surface area contributed by atoms with Gasteiger partial charge in [0.25, 0.3) is 5.91 Å². The van der Waals surface area contributed by atoms with Gasteiger partial charge in [-0.15, -0.1) is 0 Å². The summed E-state index contributed by atoms with van der Waals surface area (Å²) in [6, 6.07) is 1.62. The van der Waals surface area contributed by atoms with Crippen molar-refractivity contribution in [3.63, 3.8) is 0 Å². The zero-order chi connectivity index (χ0) is 15.4. The number of aryl methyl sites for hydroxylation is 2. The molecule has 0 aliphatic rings.